The standard InChI is InChI=1S/C16H20F4N2O/c1-22(10-11-5-7-13(17)8-6-11)15(23)21-14-4-2-3-12(9-14)16(18,19)20/h5-8,12,14H,2-4,9-10H2,1H3,(H,21,23)/t12-,14-/m0/s1. The number of hydrogen-bond donors (Lipinski definition) is 1. The SMILES string of the molecule is CN(Cc1ccc(F)cc1)C(=O)N[C@H]1CCC[C@H](C(F)(F)F)C1. The molecule has 0 spiro atoms. The van der Waals surface area contributed by atoms with Crippen molar-refractivity contribution in [2.75, 3.05) is 7.05 Å². The lowest BCUT2D eigenvalue weighted by atomic mass is 9.85. The number of urea groups is 1. The molecule has 1 aliphatic carbocycles. The molecule has 2 amide bonds. The van der Waals surface area contributed by atoms with E-state index in [4.69, 9.17) is 0 Å². The molecule has 2 rings (SSSR count). The maximum Gasteiger partial charge on any atom is 0.391 e. The van der Waals surface area contributed by atoms with E-state index in [-0.39, 0.29) is 25.2 Å². The number of benzene rings is 1. The van der Waals surface area contributed by atoms with E-state index in [1.807, 2.05) is 0 Å². The Hall–Kier alpha value is -1.79. The van der Waals surface area contributed by atoms with Gasteiger partial charge in [0.2, 0.25) is 0 Å². The predicted octanol–water partition coefficient (Wildman–Crippen LogP) is 4.09. The fourth-order valence-corrected chi connectivity index (χ4v) is 2.84. The van der Waals surface area contributed by atoms with Gasteiger partial charge in [0.25, 0.3) is 0 Å². The normalized spacial score (nSPS) is 21.8. The van der Waals surface area contributed by atoms with Crippen molar-refractivity contribution in [3.63, 3.8) is 0 Å². The molecule has 1 aliphatic rings. The average molecular weight is 332 g/mol. The minimum Gasteiger partial charge on any atom is -0.335 e. The number of carbonyl (C=O) groups is 1. The highest BCUT2D eigenvalue weighted by molar-refractivity contribution is 5.74. The minimum atomic E-state index is -4.20. The first kappa shape index (κ1) is 17.6. The molecule has 0 unspecified atom stereocenters. The van der Waals surface area contributed by atoms with Gasteiger partial charge in [-0.25, -0.2) is 9.18 Å². The fraction of sp³-hybridized carbons (Fsp3) is 0.562. The molecule has 0 heterocycles. The van der Waals surface area contributed by atoms with Gasteiger partial charge in [0.1, 0.15) is 5.82 Å². The van der Waals surface area contributed by atoms with Crippen molar-refractivity contribution >= 4 is 6.03 Å². The highest BCUT2D eigenvalue weighted by Crippen LogP contribution is 2.37. The van der Waals surface area contributed by atoms with Crippen LogP contribution in [0.1, 0.15) is 31.2 Å². The first-order valence-corrected chi connectivity index (χ1v) is 7.58. The smallest absolute Gasteiger partial charge is 0.335 e. The summed E-state index contributed by atoms with van der Waals surface area (Å²) in [6, 6.07) is 4.87. The summed E-state index contributed by atoms with van der Waals surface area (Å²) in [6.07, 6.45) is -3.14. The lowest BCUT2D eigenvalue weighted by Crippen LogP contribution is -2.46. The number of carbonyl (C=O) groups excluding carboxylic acids is 1. The largest absolute Gasteiger partial charge is 0.391 e. The molecule has 1 N–H and O–H groups in total. The molecule has 0 aromatic heterocycles. The van der Waals surface area contributed by atoms with Gasteiger partial charge in [-0.05, 0) is 37.0 Å². The molecule has 1 aromatic carbocycles. The lowest BCUT2D eigenvalue weighted by molar-refractivity contribution is -0.183. The molecule has 3 nitrogen and oxygen atoms in total. The second-order valence-electron chi connectivity index (χ2n) is 6.03. The summed E-state index contributed by atoms with van der Waals surface area (Å²) in [5.74, 6) is -1.70. The van der Waals surface area contributed by atoms with Crippen LogP contribution in [0.5, 0.6) is 0 Å². The van der Waals surface area contributed by atoms with E-state index in [0.29, 0.717) is 12.8 Å². The summed E-state index contributed by atoms with van der Waals surface area (Å²) < 4.78 is 51.2. The number of rotatable bonds is 3. The molecule has 1 aromatic rings. The van der Waals surface area contributed by atoms with Crippen LogP contribution >= 0.6 is 0 Å². The fourth-order valence-electron chi connectivity index (χ4n) is 2.84. The topological polar surface area (TPSA) is 32.3 Å². The van der Waals surface area contributed by atoms with Crippen molar-refractivity contribution in [3.8, 4) is 0 Å². The minimum absolute atomic E-state index is 0.0698. The van der Waals surface area contributed by atoms with Gasteiger partial charge in [0, 0.05) is 19.6 Å². The van der Waals surface area contributed by atoms with Crippen molar-refractivity contribution in [2.24, 2.45) is 5.92 Å². The Bertz CT molecular complexity index is 530. The Morgan fingerprint density at radius 2 is 1.91 bits per heavy atom. The van der Waals surface area contributed by atoms with Crippen molar-refractivity contribution in [1.29, 1.82) is 0 Å². The maximum absolute atomic E-state index is 12.8. The van der Waals surface area contributed by atoms with Crippen LogP contribution in [0.15, 0.2) is 24.3 Å². The van der Waals surface area contributed by atoms with E-state index in [1.165, 1.54) is 17.0 Å². The number of alkyl halides is 3. The second-order valence-corrected chi connectivity index (χ2v) is 6.03. The Balaban J connectivity index is 1.86. The van der Waals surface area contributed by atoms with Crippen LogP contribution in [-0.2, 0) is 6.54 Å². The van der Waals surface area contributed by atoms with Crippen LogP contribution in [0.3, 0.4) is 0 Å². The molecule has 128 valence electrons. The van der Waals surface area contributed by atoms with Crippen molar-refractivity contribution in [1.82, 2.24) is 10.2 Å². The molecular weight excluding hydrogens is 312 g/mol. The van der Waals surface area contributed by atoms with Crippen LogP contribution < -0.4 is 5.32 Å². The van der Waals surface area contributed by atoms with Gasteiger partial charge < -0.3 is 10.2 Å². The lowest BCUT2D eigenvalue weighted by Gasteiger charge is -2.32. The van der Waals surface area contributed by atoms with Crippen LogP contribution in [0.4, 0.5) is 22.4 Å². The van der Waals surface area contributed by atoms with Gasteiger partial charge in [-0.2, -0.15) is 13.2 Å². The highest BCUT2D eigenvalue weighted by atomic mass is 19.4. The van der Waals surface area contributed by atoms with E-state index in [2.05, 4.69) is 5.32 Å². The van der Waals surface area contributed by atoms with Gasteiger partial charge in [0.15, 0.2) is 0 Å². The van der Waals surface area contributed by atoms with Gasteiger partial charge >= 0.3 is 12.2 Å². The van der Waals surface area contributed by atoms with Crippen molar-refractivity contribution < 1.29 is 22.4 Å². The van der Waals surface area contributed by atoms with Gasteiger partial charge in [-0.15, -0.1) is 0 Å². The summed E-state index contributed by atoms with van der Waals surface area (Å²) in [7, 11) is 1.56. The zero-order valence-electron chi connectivity index (χ0n) is 12.9. The summed E-state index contributed by atoms with van der Waals surface area (Å²) in [5, 5.41) is 2.67. The molecule has 0 radical (unpaired) electrons. The molecular formula is C16H20F4N2O. The molecule has 1 fully saturated rings. The predicted molar refractivity (Wildman–Crippen MR) is 78.2 cm³/mol. The zero-order chi connectivity index (χ0) is 17.0. The molecule has 1 saturated carbocycles. The van der Waals surface area contributed by atoms with Crippen molar-refractivity contribution in [2.45, 2.75) is 44.4 Å². The summed E-state index contributed by atoms with van der Waals surface area (Å²) >= 11 is 0. The summed E-state index contributed by atoms with van der Waals surface area (Å²) in [4.78, 5) is 13.5. The van der Waals surface area contributed by atoms with E-state index >= 15 is 0 Å². The number of hydrogen-bond acceptors (Lipinski definition) is 1. The summed E-state index contributed by atoms with van der Waals surface area (Å²) in [5.41, 5.74) is 0.751. The molecule has 7 heteroatoms. The quantitative estimate of drug-likeness (QED) is 0.831. The third-order valence-corrected chi connectivity index (χ3v) is 4.14. The first-order valence-electron chi connectivity index (χ1n) is 7.58. The van der Waals surface area contributed by atoms with E-state index in [9.17, 15) is 22.4 Å². The average Bonchev–Trinajstić information content (AvgIpc) is 2.49. The van der Waals surface area contributed by atoms with E-state index < -0.39 is 24.2 Å². The number of nitrogens with zero attached hydrogens (tertiary/aromatic N) is 1. The number of nitrogens with one attached hydrogen (secondary N) is 1. The summed E-state index contributed by atoms with van der Waals surface area (Å²) in [6.45, 7) is 0.265. The Labute approximate surface area is 132 Å². The van der Waals surface area contributed by atoms with Crippen molar-refractivity contribution in [3.05, 3.63) is 35.6 Å². The van der Waals surface area contributed by atoms with Crippen LogP contribution in [-0.4, -0.2) is 30.2 Å². The van der Waals surface area contributed by atoms with Gasteiger partial charge in [-0.1, -0.05) is 18.6 Å². The number of amides is 2. The number of halogens is 4. The molecule has 0 bridgehead atoms. The zero-order valence-corrected chi connectivity index (χ0v) is 12.9. The molecule has 23 heavy (non-hydrogen) atoms. The van der Waals surface area contributed by atoms with Crippen LogP contribution in [0, 0.1) is 11.7 Å². The molecule has 0 saturated heterocycles. The molecule has 2 atom stereocenters. The Morgan fingerprint density at radius 3 is 2.52 bits per heavy atom. The van der Waals surface area contributed by atoms with Gasteiger partial charge in [-0.3, -0.25) is 0 Å². The third kappa shape index (κ3) is 5.11. The van der Waals surface area contributed by atoms with E-state index in [0.717, 1.165) is 5.56 Å². The monoisotopic (exact) mass is 332 g/mol. The second kappa shape index (κ2) is 7.19. The van der Waals surface area contributed by atoms with Crippen LogP contribution in [0.2, 0.25) is 0 Å². The first-order chi connectivity index (χ1) is 10.8. The highest BCUT2D eigenvalue weighted by Gasteiger charge is 2.42. The Kier molecular flexibility index (Phi) is 5.49. The maximum atomic E-state index is 12.8. The van der Waals surface area contributed by atoms with Gasteiger partial charge in [0.05, 0.1) is 5.92 Å². The Morgan fingerprint density at radius 1 is 1.26 bits per heavy atom. The third-order valence-electron chi connectivity index (χ3n) is 4.14. The molecule has 0 aliphatic heterocycles. The van der Waals surface area contributed by atoms with E-state index in [1.54, 1.807) is 19.2 Å². The van der Waals surface area contributed by atoms with Crippen LogP contribution in [0.25, 0.3) is 0 Å².